The molecule has 0 aromatic rings. The summed E-state index contributed by atoms with van der Waals surface area (Å²) < 4.78 is 5.87. The summed E-state index contributed by atoms with van der Waals surface area (Å²) in [6, 6.07) is 0. The van der Waals surface area contributed by atoms with Gasteiger partial charge in [-0.2, -0.15) is 0 Å². The maximum atomic E-state index is 12.3. The molecule has 0 saturated heterocycles. The molecule has 1 N–H and O–H groups in total. The molecule has 0 heterocycles. The van der Waals surface area contributed by atoms with Crippen LogP contribution in [0.3, 0.4) is 0 Å². The second-order valence-corrected chi connectivity index (χ2v) is 12.6. The zero-order chi connectivity index (χ0) is 25.7. The van der Waals surface area contributed by atoms with Gasteiger partial charge in [0.05, 0.1) is 0 Å². The second-order valence-electron chi connectivity index (χ2n) is 12.6. The summed E-state index contributed by atoms with van der Waals surface area (Å²) in [7, 11) is 0. The molecule has 0 aromatic carbocycles. The Morgan fingerprint density at radius 2 is 1.69 bits per heavy atom. The first kappa shape index (κ1) is 27.4. The number of hydrogen-bond acceptors (Lipinski definition) is 4. The predicted molar refractivity (Wildman–Crippen MR) is 140 cm³/mol. The lowest BCUT2D eigenvalue weighted by Gasteiger charge is -2.56. The lowest BCUT2D eigenvalue weighted by molar-refractivity contribution is -0.157. The third kappa shape index (κ3) is 6.25. The standard InChI is InChI=1S/C31H48O5/c1-21(32)36-28-16-15-27-30-22(11-9-7-5-3-4-6-8-10-12-29(34)35)19-23-20-24(33)13-14-25(23)26(30)17-18-31(27,28)2/h20,22,25-28,30H,3-19H2,1-2H3,(H,34,35)/t22-,25+,26-,27+,28+,30-,31+/m1/s1. The number of unbranched alkanes of at least 4 members (excludes halogenated alkanes) is 7. The van der Waals surface area contributed by atoms with Crippen LogP contribution in [0.4, 0.5) is 0 Å². The Morgan fingerprint density at radius 1 is 1.00 bits per heavy atom. The first-order valence-electron chi connectivity index (χ1n) is 14.9. The highest BCUT2D eigenvalue weighted by atomic mass is 16.5. The second kappa shape index (κ2) is 12.3. The molecule has 4 rings (SSSR count). The molecular formula is C31H48O5. The van der Waals surface area contributed by atoms with E-state index in [0.717, 1.165) is 51.4 Å². The number of rotatable bonds is 12. The van der Waals surface area contributed by atoms with Crippen LogP contribution in [0.2, 0.25) is 0 Å². The van der Waals surface area contributed by atoms with Crippen molar-refractivity contribution >= 4 is 17.7 Å². The molecule has 0 unspecified atom stereocenters. The van der Waals surface area contributed by atoms with Gasteiger partial charge in [-0.15, -0.1) is 0 Å². The molecule has 0 spiro atoms. The number of ether oxygens (including phenoxy) is 1. The number of esters is 1. The van der Waals surface area contributed by atoms with Gasteiger partial charge in [0, 0.05) is 25.2 Å². The minimum atomic E-state index is -0.683. The SMILES string of the molecule is CC(=O)O[C@H]1CC[C@H]2[C@@H]3[C@H](CCCCCCCCCCC(=O)O)CC4=CC(=O)CC[C@@H]4[C@H]3CC[C@]12C. The van der Waals surface area contributed by atoms with Gasteiger partial charge in [-0.05, 0) is 87.0 Å². The van der Waals surface area contributed by atoms with Crippen LogP contribution >= 0.6 is 0 Å². The number of carboxylic acid groups (broad SMARTS) is 1. The van der Waals surface area contributed by atoms with Crippen LogP contribution in [0.25, 0.3) is 0 Å². The largest absolute Gasteiger partial charge is 0.481 e. The van der Waals surface area contributed by atoms with Gasteiger partial charge >= 0.3 is 11.9 Å². The molecule has 36 heavy (non-hydrogen) atoms. The third-order valence-electron chi connectivity index (χ3n) is 10.4. The third-order valence-corrected chi connectivity index (χ3v) is 10.4. The van der Waals surface area contributed by atoms with E-state index in [1.165, 1.54) is 56.9 Å². The van der Waals surface area contributed by atoms with Crippen molar-refractivity contribution in [2.24, 2.45) is 35.0 Å². The fourth-order valence-electron chi connectivity index (χ4n) is 8.76. The summed E-state index contributed by atoms with van der Waals surface area (Å²) >= 11 is 0. The van der Waals surface area contributed by atoms with Crippen molar-refractivity contribution in [2.75, 3.05) is 0 Å². The van der Waals surface area contributed by atoms with Gasteiger partial charge in [0.25, 0.3) is 0 Å². The highest BCUT2D eigenvalue weighted by Crippen LogP contribution is 2.64. The Bertz CT molecular complexity index is 831. The van der Waals surface area contributed by atoms with Crippen LogP contribution in [0.1, 0.15) is 123 Å². The molecule has 0 amide bonds. The predicted octanol–water partition coefficient (Wildman–Crippen LogP) is 7.27. The first-order chi connectivity index (χ1) is 17.3. The molecule has 0 bridgehead atoms. The van der Waals surface area contributed by atoms with E-state index in [1.807, 2.05) is 6.08 Å². The number of hydrogen-bond donors (Lipinski definition) is 1. The topological polar surface area (TPSA) is 80.7 Å². The van der Waals surface area contributed by atoms with Crippen LogP contribution in [0, 0.1) is 35.0 Å². The molecule has 4 aliphatic carbocycles. The van der Waals surface area contributed by atoms with Crippen LogP contribution in [-0.2, 0) is 19.1 Å². The van der Waals surface area contributed by atoms with Crippen molar-refractivity contribution in [3.8, 4) is 0 Å². The molecule has 3 saturated carbocycles. The number of allylic oxidation sites excluding steroid dienone is 1. The highest BCUT2D eigenvalue weighted by molar-refractivity contribution is 5.91. The monoisotopic (exact) mass is 500 g/mol. The fourth-order valence-corrected chi connectivity index (χ4v) is 8.76. The number of aliphatic carboxylic acids is 1. The van der Waals surface area contributed by atoms with Crippen molar-refractivity contribution in [1.82, 2.24) is 0 Å². The molecule has 4 aliphatic rings. The summed E-state index contributed by atoms with van der Waals surface area (Å²) in [5.74, 6) is 2.80. The van der Waals surface area contributed by atoms with E-state index in [0.29, 0.717) is 41.8 Å². The molecule has 0 radical (unpaired) electrons. The van der Waals surface area contributed by atoms with E-state index in [9.17, 15) is 14.4 Å². The van der Waals surface area contributed by atoms with Crippen LogP contribution in [0.5, 0.6) is 0 Å². The number of ketones is 1. The minimum Gasteiger partial charge on any atom is -0.481 e. The van der Waals surface area contributed by atoms with E-state index in [2.05, 4.69) is 6.92 Å². The highest BCUT2D eigenvalue weighted by Gasteiger charge is 2.59. The average molecular weight is 501 g/mol. The maximum absolute atomic E-state index is 12.3. The van der Waals surface area contributed by atoms with Crippen molar-refractivity contribution in [3.05, 3.63) is 11.6 Å². The van der Waals surface area contributed by atoms with Crippen LogP contribution in [-0.4, -0.2) is 28.9 Å². The summed E-state index contributed by atoms with van der Waals surface area (Å²) in [6.07, 6.45) is 20.3. The molecule has 5 nitrogen and oxygen atoms in total. The number of carbonyl (C=O) groups excluding carboxylic acids is 2. The quantitative estimate of drug-likeness (QED) is 0.225. The molecule has 5 heteroatoms. The van der Waals surface area contributed by atoms with Gasteiger partial charge in [0.15, 0.2) is 5.78 Å². The van der Waals surface area contributed by atoms with Gasteiger partial charge in [-0.3, -0.25) is 14.4 Å². The Hall–Kier alpha value is -1.65. The van der Waals surface area contributed by atoms with Crippen molar-refractivity contribution in [1.29, 1.82) is 0 Å². The smallest absolute Gasteiger partial charge is 0.303 e. The van der Waals surface area contributed by atoms with E-state index in [4.69, 9.17) is 9.84 Å². The first-order valence-corrected chi connectivity index (χ1v) is 14.9. The van der Waals surface area contributed by atoms with Crippen LogP contribution < -0.4 is 0 Å². The van der Waals surface area contributed by atoms with Gasteiger partial charge in [0.1, 0.15) is 6.10 Å². The Kier molecular flexibility index (Phi) is 9.33. The molecule has 7 atom stereocenters. The van der Waals surface area contributed by atoms with E-state index in [1.54, 1.807) is 6.92 Å². The van der Waals surface area contributed by atoms with Crippen LogP contribution in [0.15, 0.2) is 11.6 Å². The zero-order valence-corrected chi connectivity index (χ0v) is 22.6. The molecule has 0 aliphatic heterocycles. The summed E-state index contributed by atoms with van der Waals surface area (Å²) in [5, 5.41) is 8.74. The van der Waals surface area contributed by atoms with Gasteiger partial charge in [-0.1, -0.05) is 57.4 Å². The van der Waals surface area contributed by atoms with Gasteiger partial charge < -0.3 is 9.84 Å². The lowest BCUT2D eigenvalue weighted by Crippen LogP contribution is -2.51. The molecule has 3 fully saturated rings. The maximum Gasteiger partial charge on any atom is 0.303 e. The molecular weight excluding hydrogens is 452 g/mol. The van der Waals surface area contributed by atoms with Gasteiger partial charge in [-0.25, -0.2) is 0 Å². The summed E-state index contributed by atoms with van der Waals surface area (Å²) in [6.45, 7) is 3.95. The summed E-state index contributed by atoms with van der Waals surface area (Å²) in [5.41, 5.74) is 1.56. The van der Waals surface area contributed by atoms with E-state index >= 15 is 0 Å². The summed E-state index contributed by atoms with van der Waals surface area (Å²) in [4.78, 5) is 34.7. The normalized spacial score (nSPS) is 35.4. The molecule has 202 valence electrons. The van der Waals surface area contributed by atoms with Crippen molar-refractivity contribution in [3.63, 3.8) is 0 Å². The van der Waals surface area contributed by atoms with Gasteiger partial charge in [0.2, 0.25) is 0 Å². The zero-order valence-electron chi connectivity index (χ0n) is 22.6. The Labute approximate surface area is 217 Å². The number of carbonyl (C=O) groups is 3. The van der Waals surface area contributed by atoms with E-state index in [-0.39, 0.29) is 17.5 Å². The lowest BCUT2D eigenvalue weighted by atomic mass is 9.49. The Balaban J connectivity index is 1.34. The number of fused-ring (bicyclic) bond motifs is 5. The molecule has 0 aromatic heterocycles. The van der Waals surface area contributed by atoms with E-state index < -0.39 is 5.97 Å². The van der Waals surface area contributed by atoms with Crippen molar-refractivity contribution < 1.29 is 24.2 Å². The Morgan fingerprint density at radius 3 is 2.39 bits per heavy atom. The number of carboxylic acids is 1. The average Bonchev–Trinajstić information content (AvgIpc) is 3.15. The van der Waals surface area contributed by atoms with Crippen molar-refractivity contribution in [2.45, 2.75) is 129 Å². The minimum absolute atomic E-state index is 0.0713. The fraction of sp³-hybridized carbons (Fsp3) is 0.839.